The van der Waals surface area contributed by atoms with Gasteiger partial charge in [0, 0.05) is 12.8 Å². The van der Waals surface area contributed by atoms with Crippen LogP contribution in [0.15, 0.2) is 48.1 Å². The van der Waals surface area contributed by atoms with Crippen LogP contribution in [0.1, 0.15) is 126 Å². The highest BCUT2D eigenvalue weighted by Crippen LogP contribution is 2.67. The monoisotopic (exact) mass is 548 g/mol. The lowest BCUT2D eigenvalue weighted by Gasteiger charge is -2.58. The molecule has 0 amide bonds. The molecule has 0 aromatic heterocycles. The van der Waals surface area contributed by atoms with Crippen molar-refractivity contribution >= 4 is 5.97 Å². The summed E-state index contributed by atoms with van der Waals surface area (Å²) in [5.41, 5.74) is 2.40. The molecule has 2 heteroatoms. The van der Waals surface area contributed by atoms with E-state index in [-0.39, 0.29) is 12.1 Å². The molecule has 3 saturated carbocycles. The Morgan fingerprint density at radius 3 is 2.50 bits per heavy atom. The van der Waals surface area contributed by atoms with E-state index in [4.69, 9.17) is 4.74 Å². The molecule has 0 bridgehead atoms. The molecule has 0 saturated heterocycles. The van der Waals surface area contributed by atoms with Gasteiger partial charge in [0.05, 0.1) is 0 Å². The van der Waals surface area contributed by atoms with Crippen LogP contribution < -0.4 is 0 Å². The minimum Gasteiger partial charge on any atom is -0.462 e. The predicted molar refractivity (Wildman–Crippen MR) is 170 cm³/mol. The van der Waals surface area contributed by atoms with E-state index >= 15 is 0 Å². The van der Waals surface area contributed by atoms with Gasteiger partial charge in [0.25, 0.3) is 0 Å². The third kappa shape index (κ3) is 6.73. The van der Waals surface area contributed by atoms with Crippen molar-refractivity contribution in [2.75, 3.05) is 0 Å². The number of hydrogen-bond donors (Lipinski definition) is 0. The van der Waals surface area contributed by atoms with Crippen molar-refractivity contribution in [1.82, 2.24) is 0 Å². The lowest BCUT2D eigenvalue weighted by molar-refractivity contribution is -0.151. The Labute approximate surface area is 247 Å². The fraction of sp³-hybridized carbons (Fsp3) is 0.763. The summed E-state index contributed by atoms with van der Waals surface area (Å²) < 4.78 is 6.01. The maximum absolute atomic E-state index is 12.6. The number of carbonyl (C=O) groups is 1. The van der Waals surface area contributed by atoms with E-state index in [1.165, 1.54) is 38.5 Å². The highest BCUT2D eigenvalue weighted by atomic mass is 16.5. The largest absolute Gasteiger partial charge is 0.462 e. The van der Waals surface area contributed by atoms with Crippen LogP contribution in [-0.4, -0.2) is 12.1 Å². The normalized spacial score (nSPS) is 37.4. The van der Waals surface area contributed by atoms with Crippen LogP contribution in [0, 0.1) is 52.3 Å². The first-order chi connectivity index (χ1) is 19.1. The number of fused-ring (bicyclic) bond motifs is 5. The standard InChI is InChI=1S/C38H60O2/c1-8-9-10-11-12-13-14-15-36(39)40-31-22-24-37(6)30(26-31)18-19-32-34-21-20-33(38(34,7)25-23-35(32)37)29(5)17-16-28(4)27(2)3/h9-10,12-13,16-18,27-29,31-35H,8,11,14-15,19-26H2,1-7H3/b10-9-,13-12-,17-16+. The van der Waals surface area contributed by atoms with Gasteiger partial charge < -0.3 is 4.74 Å². The molecule has 0 aromatic rings. The van der Waals surface area contributed by atoms with Gasteiger partial charge in [0.1, 0.15) is 6.10 Å². The van der Waals surface area contributed by atoms with Crippen molar-refractivity contribution in [2.24, 2.45) is 52.3 Å². The van der Waals surface area contributed by atoms with E-state index < -0.39 is 0 Å². The fourth-order valence-electron chi connectivity index (χ4n) is 9.34. The maximum atomic E-state index is 12.6. The average Bonchev–Trinajstić information content (AvgIpc) is 3.28. The molecule has 0 aliphatic heterocycles. The zero-order valence-electron chi connectivity index (χ0n) is 27.0. The molecule has 9 atom stereocenters. The van der Waals surface area contributed by atoms with E-state index in [1.54, 1.807) is 5.57 Å². The van der Waals surface area contributed by atoms with Gasteiger partial charge in [-0.2, -0.15) is 0 Å². The number of ether oxygens (including phenoxy) is 1. The van der Waals surface area contributed by atoms with Crippen LogP contribution in [-0.2, 0) is 9.53 Å². The topological polar surface area (TPSA) is 26.3 Å². The molecule has 224 valence electrons. The summed E-state index contributed by atoms with van der Waals surface area (Å²) in [4.78, 5) is 12.6. The molecule has 2 nitrogen and oxygen atoms in total. The zero-order valence-corrected chi connectivity index (χ0v) is 27.0. The van der Waals surface area contributed by atoms with E-state index in [0.717, 1.165) is 55.8 Å². The van der Waals surface area contributed by atoms with Crippen molar-refractivity contribution in [3.8, 4) is 0 Å². The minimum absolute atomic E-state index is 0.0203. The second-order valence-corrected chi connectivity index (χ2v) is 14.8. The van der Waals surface area contributed by atoms with E-state index in [9.17, 15) is 4.79 Å². The van der Waals surface area contributed by atoms with Gasteiger partial charge in [-0.05, 0) is 116 Å². The Morgan fingerprint density at radius 2 is 1.75 bits per heavy atom. The van der Waals surface area contributed by atoms with Crippen molar-refractivity contribution in [1.29, 1.82) is 0 Å². The summed E-state index contributed by atoms with van der Waals surface area (Å²) in [5.74, 6) is 5.36. The van der Waals surface area contributed by atoms with Crippen LogP contribution in [0.2, 0.25) is 0 Å². The molecule has 40 heavy (non-hydrogen) atoms. The Balaban J connectivity index is 1.34. The molecule has 9 unspecified atom stereocenters. The number of rotatable bonds is 11. The summed E-state index contributed by atoms with van der Waals surface area (Å²) in [6, 6.07) is 0. The van der Waals surface area contributed by atoms with Crippen molar-refractivity contribution < 1.29 is 9.53 Å². The SMILES string of the molecule is CC/C=C\C/C=C\CCC(=O)OC1CCC2(C)C(=CCC3C2CCC2(C)C(C(C)/C=C/C(C)C(C)C)CCC32)C1. The zero-order chi connectivity index (χ0) is 28.9. The van der Waals surface area contributed by atoms with Gasteiger partial charge in [-0.15, -0.1) is 0 Å². The lowest BCUT2D eigenvalue weighted by atomic mass is 9.47. The van der Waals surface area contributed by atoms with Crippen LogP contribution in [0.3, 0.4) is 0 Å². The first-order valence-electron chi connectivity index (χ1n) is 17.0. The number of hydrogen-bond acceptors (Lipinski definition) is 2. The summed E-state index contributed by atoms with van der Waals surface area (Å²) in [7, 11) is 0. The first-order valence-corrected chi connectivity index (χ1v) is 17.0. The Kier molecular flexibility index (Phi) is 10.7. The molecule has 0 N–H and O–H groups in total. The third-order valence-electron chi connectivity index (χ3n) is 12.2. The van der Waals surface area contributed by atoms with Gasteiger partial charge >= 0.3 is 5.97 Å². The first kappa shape index (κ1) is 31.4. The molecule has 0 aromatic carbocycles. The maximum Gasteiger partial charge on any atom is 0.306 e. The number of esters is 1. The molecule has 3 fully saturated rings. The Hall–Kier alpha value is -1.57. The second kappa shape index (κ2) is 13.6. The quantitative estimate of drug-likeness (QED) is 0.190. The molecule has 0 radical (unpaired) electrons. The highest BCUT2D eigenvalue weighted by molar-refractivity contribution is 5.69. The molecular formula is C38H60O2. The van der Waals surface area contributed by atoms with Crippen molar-refractivity contribution in [2.45, 2.75) is 132 Å². The number of allylic oxidation sites excluding steroid dienone is 7. The molecule has 4 aliphatic carbocycles. The highest BCUT2D eigenvalue weighted by Gasteiger charge is 2.59. The second-order valence-electron chi connectivity index (χ2n) is 14.8. The summed E-state index contributed by atoms with van der Waals surface area (Å²) in [5, 5.41) is 0. The molecule has 0 heterocycles. The van der Waals surface area contributed by atoms with Crippen molar-refractivity contribution in [3.63, 3.8) is 0 Å². The number of carbonyl (C=O) groups excluding carboxylic acids is 1. The molecule has 4 rings (SSSR count). The van der Waals surface area contributed by atoms with Gasteiger partial charge in [0.15, 0.2) is 0 Å². The van der Waals surface area contributed by atoms with Crippen LogP contribution >= 0.6 is 0 Å². The average molecular weight is 549 g/mol. The summed E-state index contributed by atoms with van der Waals surface area (Å²) in [6.07, 6.45) is 29.7. The Bertz CT molecular complexity index is 968. The van der Waals surface area contributed by atoms with E-state index in [2.05, 4.69) is 91.0 Å². The van der Waals surface area contributed by atoms with Gasteiger partial charge in [-0.25, -0.2) is 0 Å². The van der Waals surface area contributed by atoms with Gasteiger partial charge in [0.2, 0.25) is 0 Å². The molecule has 4 aliphatic rings. The van der Waals surface area contributed by atoms with Crippen LogP contribution in [0.5, 0.6) is 0 Å². The predicted octanol–water partition coefficient (Wildman–Crippen LogP) is 10.7. The summed E-state index contributed by atoms with van der Waals surface area (Å²) in [6.45, 7) is 16.9. The van der Waals surface area contributed by atoms with E-state index in [0.29, 0.717) is 35.0 Å². The van der Waals surface area contributed by atoms with Crippen LogP contribution in [0.25, 0.3) is 0 Å². The van der Waals surface area contributed by atoms with Gasteiger partial charge in [-0.1, -0.05) is 96.6 Å². The van der Waals surface area contributed by atoms with E-state index in [1.807, 2.05) is 0 Å². The smallest absolute Gasteiger partial charge is 0.306 e. The third-order valence-corrected chi connectivity index (χ3v) is 12.2. The summed E-state index contributed by atoms with van der Waals surface area (Å²) >= 11 is 0. The molecular weight excluding hydrogens is 488 g/mol. The fourth-order valence-corrected chi connectivity index (χ4v) is 9.34. The minimum atomic E-state index is -0.0203. The van der Waals surface area contributed by atoms with Crippen molar-refractivity contribution in [3.05, 3.63) is 48.1 Å². The molecule has 0 spiro atoms. The Morgan fingerprint density at radius 1 is 0.975 bits per heavy atom. The van der Waals surface area contributed by atoms with Crippen LogP contribution in [0.4, 0.5) is 0 Å². The van der Waals surface area contributed by atoms with Gasteiger partial charge in [-0.3, -0.25) is 4.79 Å². The lowest BCUT2D eigenvalue weighted by Crippen LogP contribution is -2.51.